The first-order valence-electron chi connectivity index (χ1n) is 8.74. The van der Waals surface area contributed by atoms with Crippen molar-refractivity contribution in [3.63, 3.8) is 0 Å². The van der Waals surface area contributed by atoms with E-state index in [1.165, 1.54) is 18.9 Å². The van der Waals surface area contributed by atoms with Gasteiger partial charge < -0.3 is 14.7 Å². The fourth-order valence-electron chi connectivity index (χ4n) is 3.53. The molecule has 3 rings (SSSR count). The second kappa shape index (κ2) is 8.08. The Morgan fingerprint density at radius 3 is 2.52 bits per heavy atom. The second-order valence-electron chi connectivity index (χ2n) is 6.63. The van der Waals surface area contributed by atoms with Crippen LogP contribution in [0.3, 0.4) is 0 Å². The third-order valence-corrected chi connectivity index (χ3v) is 4.86. The maximum Gasteiger partial charge on any atom is 0.146 e. The van der Waals surface area contributed by atoms with E-state index >= 15 is 0 Å². The van der Waals surface area contributed by atoms with Crippen LogP contribution < -0.4 is 4.90 Å². The van der Waals surface area contributed by atoms with Crippen LogP contribution in [0.4, 0.5) is 10.1 Å². The van der Waals surface area contributed by atoms with Gasteiger partial charge in [-0.05, 0) is 25.0 Å². The van der Waals surface area contributed by atoms with E-state index in [-0.39, 0.29) is 5.82 Å². The Bertz CT molecular complexity index is 486. The van der Waals surface area contributed by atoms with Crippen molar-refractivity contribution in [1.82, 2.24) is 4.90 Å². The first kappa shape index (κ1) is 16.7. The van der Waals surface area contributed by atoms with Crippen LogP contribution in [0, 0.1) is 5.82 Å². The van der Waals surface area contributed by atoms with Crippen molar-refractivity contribution in [3.05, 3.63) is 30.1 Å². The van der Waals surface area contributed by atoms with Crippen LogP contribution in [0.1, 0.15) is 25.7 Å². The molecule has 2 fully saturated rings. The number of hydrogen-bond donors (Lipinski definition) is 1. The molecule has 2 aliphatic rings. The highest BCUT2D eigenvalue weighted by atomic mass is 19.1. The number of para-hydroxylation sites is 1. The summed E-state index contributed by atoms with van der Waals surface area (Å²) in [6.45, 7) is 4.33. The third kappa shape index (κ3) is 4.66. The molecule has 5 heteroatoms. The molecule has 0 bridgehead atoms. The van der Waals surface area contributed by atoms with Crippen LogP contribution in [0.2, 0.25) is 0 Å². The van der Waals surface area contributed by atoms with E-state index in [4.69, 9.17) is 4.74 Å². The van der Waals surface area contributed by atoms with Crippen LogP contribution in [-0.4, -0.2) is 61.5 Å². The second-order valence-corrected chi connectivity index (χ2v) is 6.63. The molecule has 1 aromatic rings. The lowest BCUT2D eigenvalue weighted by Gasteiger charge is -2.37. The Balaban J connectivity index is 1.39. The number of halogens is 1. The van der Waals surface area contributed by atoms with Gasteiger partial charge in [0, 0.05) is 32.7 Å². The number of aliphatic hydroxyl groups is 1. The fraction of sp³-hybridized carbons (Fsp3) is 0.667. The van der Waals surface area contributed by atoms with Crippen molar-refractivity contribution in [1.29, 1.82) is 0 Å². The number of ether oxygens (including phenoxy) is 1. The average molecular weight is 322 g/mol. The monoisotopic (exact) mass is 322 g/mol. The van der Waals surface area contributed by atoms with Gasteiger partial charge in [-0.1, -0.05) is 25.0 Å². The van der Waals surface area contributed by atoms with Gasteiger partial charge in [0.05, 0.1) is 24.5 Å². The number of anilines is 1. The number of hydrogen-bond acceptors (Lipinski definition) is 4. The maximum absolute atomic E-state index is 13.8. The molecule has 1 aromatic carbocycles. The summed E-state index contributed by atoms with van der Waals surface area (Å²) in [5.41, 5.74) is 0.678. The zero-order valence-electron chi connectivity index (χ0n) is 13.7. The smallest absolute Gasteiger partial charge is 0.146 e. The predicted molar refractivity (Wildman–Crippen MR) is 89.3 cm³/mol. The molecule has 0 radical (unpaired) electrons. The Hall–Kier alpha value is -1.17. The van der Waals surface area contributed by atoms with E-state index in [0.29, 0.717) is 24.9 Å². The Kier molecular flexibility index (Phi) is 5.86. The summed E-state index contributed by atoms with van der Waals surface area (Å²) in [5.74, 6) is -0.161. The van der Waals surface area contributed by atoms with Gasteiger partial charge in [-0.15, -0.1) is 0 Å². The lowest BCUT2D eigenvalue weighted by molar-refractivity contribution is -0.0188. The molecule has 1 saturated heterocycles. The quantitative estimate of drug-likeness (QED) is 0.871. The zero-order valence-corrected chi connectivity index (χ0v) is 13.7. The Labute approximate surface area is 137 Å². The van der Waals surface area contributed by atoms with E-state index in [1.54, 1.807) is 6.07 Å². The van der Waals surface area contributed by atoms with Crippen molar-refractivity contribution in [2.24, 2.45) is 0 Å². The molecule has 0 amide bonds. The predicted octanol–water partition coefficient (Wildman–Crippen LogP) is 2.27. The molecular formula is C18H27FN2O2. The summed E-state index contributed by atoms with van der Waals surface area (Å²) in [7, 11) is 0. The van der Waals surface area contributed by atoms with Crippen molar-refractivity contribution in [2.45, 2.75) is 37.9 Å². The third-order valence-electron chi connectivity index (χ3n) is 4.86. The maximum atomic E-state index is 13.8. The van der Waals surface area contributed by atoms with Crippen LogP contribution in [-0.2, 0) is 4.74 Å². The van der Waals surface area contributed by atoms with Crippen molar-refractivity contribution >= 4 is 5.69 Å². The summed E-state index contributed by atoms with van der Waals surface area (Å²) in [5, 5.41) is 10.1. The van der Waals surface area contributed by atoms with Gasteiger partial charge >= 0.3 is 0 Å². The van der Waals surface area contributed by atoms with Crippen molar-refractivity contribution in [3.8, 4) is 0 Å². The average Bonchev–Trinajstić information content (AvgIpc) is 3.08. The van der Waals surface area contributed by atoms with Gasteiger partial charge in [0.2, 0.25) is 0 Å². The molecule has 1 aliphatic heterocycles. The molecule has 1 atom stereocenters. The van der Waals surface area contributed by atoms with E-state index in [1.807, 2.05) is 12.1 Å². The van der Waals surface area contributed by atoms with Gasteiger partial charge in [-0.2, -0.15) is 0 Å². The van der Waals surface area contributed by atoms with E-state index < -0.39 is 6.10 Å². The number of nitrogens with zero attached hydrogens (tertiary/aromatic N) is 2. The number of aliphatic hydroxyl groups excluding tert-OH is 1. The molecule has 1 N–H and O–H groups in total. The SMILES string of the molecule is OC(COC1CCCC1)CN1CCN(c2ccccc2F)CC1. The van der Waals surface area contributed by atoms with E-state index in [9.17, 15) is 9.50 Å². The molecule has 23 heavy (non-hydrogen) atoms. The molecule has 128 valence electrons. The normalized spacial score (nSPS) is 21.7. The number of β-amino-alcohol motifs (C(OH)–C–C–N with tert-alkyl or cyclic N) is 1. The minimum absolute atomic E-state index is 0.161. The Morgan fingerprint density at radius 2 is 1.83 bits per heavy atom. The van der Waals surface area contributed by atoms with E-state index in [2.05, 4.69) is 9.80 Å². The summed E-state index contributed by atoms with van der Waals surface area (Å²) < 4.78 is 19.6. The standard InChI is InChI=1S/C18H27FN2O2/c19-17-7-3-4-8-18(17)21-11-9-20(10-12-21)13-15(22)14-23-16-5-1-2-6-16/h3-4,7-8,15-16,22H,1-2,5-6,9-14H2. The molecule has 1 unspecified atom stereocenters. The van der Waals surface area contributed by atoms with Crippen LogP contribution in [0.25, 0.3) is 0 Å². The number of rotatable bonds is 6. The lowest BCUT2D eigenvalue weighted by Crippen LogP contribution is -2.49. The topological polar surface area (TPSA) is 35.9 Å². The summed E-state index contributed by atoms with van der Waals surface area (Å²) in [6.07, 6.45) is 4.68. The summed E-state index contributed by atoms with van der Waals surface area (Å²) in [4.78, 5) is 4.31. The first-order chi connectivity index (χ1) is 11.2. The highest BCUT2D eigenvalue weighted by Crippen LogP contribution is 2.22. The molecule has 4 nitrogen and oxygen atoms in total. The lowest BCUT2D eigenvalue weighted by atomic mass is 10.2. The first-order valence-corrected chi connectivity index (χ1v) is 8.74. The van der Waals surface area contributed by atoms with E-state index in [0.717, 1.165) is 39.0 Å². The van der Waals surface area contributed by atoms with Crippen LogP contribution in [0.15, 0.2) is 24.3 Å². The molecule has 0 spiro atoms. The largest absolute Gasteiger partial charge is 0.389 e. The molecule has 1 heterocycles. The fourth-order valence-corrected chi connectivity index (χ4v) is 3.53. The van der Waals surface area contributed by atoms with Gasteiger partial charge in [0.1, 0.15) is 5.82 Å². The molecule has 1 saturated carbocycles. The highest BCUT2D eigenvalue weighted by molar-refractivity contribution is 5.47. The van der Waals surface area contributed by atoms with Gasteiger partial charge in [0.15, 0.2) is 0 Å². The minimum Gasteiger partial charge on any atom is -0.389 e. The minimum atomic E-state index is -0.435. The zero-order chi connectivity index (χ0) is 16.1. The van der Waals surface area contributed by atoms with Gasteiger partial charge in [-0.25, -0.2) is 4.39 Å². The number of benzene rings is 1. The summed E-state index contributed by atoms with van der Waals surface area (Å²) in [6, 6.07) is 6.92. The van der Waals surface area contributed by atoms with Crippen LogP contribution >= 0.6 is 0 Å². The van der Waals surface area contributed by atoms with Crippen molar-refractivity contribution in [2.75, 3.05) is 44.2 Å². The highest BCUT2D eigenvalue weighted by Gasteiger charge is 2.22. The molecule has 0 aromatic heterocycles. The number of piperazine rings is 1. The van der Waals surface area contributed by atoms with Gasteiger partial charge in [-0.3, -0.25) is 4.90 Å². The summed E-state index contributed by atoms with van der Waals surface area (Å²) >= 11 is 0. The Morgan fingerprint density at radius 1 is 1.13 bits per heavy atom. The van der Waals surface area contributed by atoms with Crippen molar-refractivity contribution < 1.29 is 14.2 Å². The van der Waals surface area contributed by atoms with Gasteiger partial charge in [0.25, 0.3) is 0 Å². The van der Waals surface area contributed by atoms with Crippen LogP contribution in [0.5, 0.6) is 0 Å². The molecule has 1 aliphatic carbocycles. The molecular weight excluding hydrogens is 295 g/mol.